The smallest absolute Gasteiger partial charge is 0.349 e. The van der Waals surface area contributed by atoms with Gasteiger partial charge in [0, 0.05) is 19.1 Å². The normalized spacial score (nSPS) is 21.5. The highest BCUT2D eigenvalue weighted by molar-refractivity contribution is 7.17. The first-order chi connectivity index (χ1) is 10.3. The van der Waals surface area contributed by atoms with Crippen molar-refractivity contribution in [2.75, 3.05) is 38.2 Å². The second-order valence-electron chi connectivity index (χ2n) is 5.81. The third kappa shape index (κ3) is 3.37. The Hall–Kier alpha value is -1.14. The van der Waals surface area contributed by atoms with Crippen LogP contribution < -0.4 is 4.90 Å². The third-order valence-electron chi connectivity index (χ3n) is 4.52. The number of hydrogen-bond donors (Lipinski definition) is 0. The van der Waals surface area contributed by atoms with Crippen molar-refractivity contribution in [2.45, 2.75) is 38.1 Å². The lowest BCUT2D eigenvalue weighted by atomic mass is 10.0. The van der Waals surface area contributed by atoms with Crippen LogP contribution in [0.15, 0.2) is 6.20 Å². The van der Waals surface area contributed by atoms with Gasteiger partial charge in [0.05, 0.1) is 13.3 Å². The van der Waals surface area contributed by atoms with Gasteiger partial charge in [-0.05, 0) is 38.8 Å². The fraction of sp³-hybridized carbons (Fsp3) is 0.733. The predicted molar refractivity (Wildman–Crippen MR) is 84.1 cm³/mol. The summed E-state index contributed by atoms with van der Waals surface area (Å²) < 4.78 is 4.74. The number of piperidine rings is 2. The van der Waals surface area contributed by atoms with Crippen molar-refractivity contribution in [1.29, 1.82) is 0 Å². The van der Waals surface area contributed by atoms with E-state index in [-0.39, 0.29) is 5.97 Å². The van der Waals surface area contributed by atoms with Crippen molar-refractivity contribution in [2.24, 2.45) is 0 Å². The number of esters is 1. The van der Waals surface area contributed by atoms with Gasteiger partial charge >= 0.3 is 5.97 Å². The summed E-state index contributed by atoms with van der Waals surface area (Å²) in [6.07, 6.45) is 8.14. The molecule has 0 spiro atoms. The average molecular weight is 309 g/mol. The van der Waals surface area contributed by atoms with Gasteiger partial charge in [-0.3, -0.25) is 0 Å². The lowest BCUT2D eigenvalue weighted by Crippen LogP contribution is -2.46. The van der Waals surface area contributed by atoms with E-state index in [4.69, 9.17) is 4.74 Å². The zero-order valence-corrected chi connectivity index (χ0v) is 13.4. The van der Waals surface area contributed by atoms with Crippen molar-refractivity contribution < 1.29 is 9.53 Å². The summed E-state index contributed by atoms with van der Waals surface area (Å²) in [6, 6.07) is 0.738. The summed E-state index contributed by atoms with van der Waals surface area (Å²) in [5.74, 6) is -0.290. The van der Waals surface area contributed by atoms with E-state index >= 15 is 0 Å². The van der Waals surface area contributed by atoms with Crippen LogP contribution in [0.2, 0.25) is 0 Å². The standard InChI is InChI=1S/C15H23N3O2S/c1-20-14(19)13-11-16-15(21-13)18-9-5-12(6-10-18)17-7-3-2-4-8-17/h11-12H,2-10H2,1H3. The molecule has 21 heavy (non-hydrogen) atoms. The summed E-state index contributed by atoms with van der Waals surface area (Å²) in [5.41, 5.74) is 0. The molecule has 0 unspecified atom stereocenters. The highest BCUT2D eigenvalue weighted by Gasteiger charge is 2.27. The van der Waals surface area contributed by atoms with Crippen molar-refractivity contribution in [3.05, 3.63) is 11.1 Å². The average Bonchev–Trinajstić information content (AvgIpc) is 3.05. The van der Waals surface area contributed by atoms with Gasteiger partial charge in [0.15, 0.2) is 5.13 Å². The minimum atomic E-state index is -0.290. The topological polar surface area (TPSA) is 45.7 Å². The fourth-order valence-electron chi connectivity index (χ4n) is 3.31. The quantitative estimate of drug-likeness (QED) is 0.802. The molecule has 0 saturated carbocycles. The minimum Gasteiger partial charge on any atom is -0.465 e. The van der Waals surface area contributed by atoms with Gasteiger partial charge < -0.3 is 14.5 Å². The van der Waals surface area contributed by atoms with Crippen LogP contribution in [0.4, 0.5) is 5.13 Å². The second-order valence-corrected chi connectivity index (χ2v) is 6.82. The van der Waals surface area contributed by atoms with Gasteiger partial charge in [-0.1, -0.05) is 17.8 Å². The lowest BCUT2D eigenvalue weighted by Gasteiger charge is -2.40. The molecule has 0 bridgehead atoms. The molecular weight excluding hydrogens is 286 g/mol. The first kappa shape index (κ1) is 14.8. The number of methoxy groups -OCH3 is 1. The largest absolute Gasteiger partial charge is 0.465 e. The van der Waals surface area contributed by atoms with Crippen LogP contribution >= 0.6 is 11.3 Å². The van der Waals surface area contributed by atoms with Crippen molar-refractivity contribution in [3.63, 3.8) is 0 Å². The molecule has 0 aliphatic carbocycles. The van der Waals surface area contributed by atoms with Gasteiger partial charge in [-0.25, -0.2) is 9.78 Å². The molecule has 2 aliphatic heterocycles. The Morgan fingerprint density at radius 3 is 2.62 bits per heavy atom. The number of carbonyl (C=O) groups is 1. The molecule has 2 saturated heterocycles. The fourth-order valence-corrected chi connectivity index (χ4v) is 4.20. The van der Waals surface area contributed by atoms with E-state index in [0.29, 0.717) is 4.88 Å². The Bertz CT molecular complexity index is 477. The number of hydrogen-bond acceptors (Lipinski definition) is 6. The van der Waals surface area contributed by atoms with E-state index < -0.39 is 0 Å². The Labute approximate surface area is 129 Å². The van der Waals surface area contributed by atoms with E-state index in [2.05, 4.69) is 14.8 Å². The Balaban J connectivity index is 1.55. The molecule has 0 aromatic carbocycles. The number of likely N-dealkylation sites (tertiary alicyclic amines) is 1. The number of anilines is 1. The first-order valence-corrected chi connectivity index (χ1v) is 8.62. The first-order valence-electron chi connectivity index (χ1n) is 7.81. The van der Waals surface area contributed by atoms with Gasteiger partial charge in [0.1, 0.15) is 4.88 Å². The number of aromatic nitrogens is 1. The van der Waals surface area contributed by atoms with Crippen LogP contribution in [0, 0.1) is 0 Å². The Morgan fingerprint density at radius 2 is 1.95 bits per heavy atom. The number of thiazole rings is 1. The Kier molecular flexibility index (Phi) is 4.75. The lowest BCUT2D eigenvalue weighted by molar-refractivity contribution is 0.0606. The molecule has 0 atom stereocenters. The van der Waals surface area contributed by atoms with Crippen LogP contribution in [-0.4, -0.2) is 55.2 Å². The Morgan fingerprint density at radius 1 is 1.24 bits per heavy atom. The van der Waals surface area contributed by atoms with Crippen LogP contribution in [-0.2, 0) is 4.74 Å². The summed E-state index contributed by atoms with van der Waals surface area (Å²) in [7, 11) is 1.41. The number of ether oxygens (including phenoxy) is 1. The number of nitrogens with zero attached hydrogens (tertiary/aromatic N) is 3. The zero-order chi connectivity index (χ0) is 14.7. The minimum absolute atomic E-state index is 0.290. The maximum atomic E-state index is 11.5. The molecule has 3 rings (SSSR count). The van der Waals surface area contributed by atoms with Gasteiger partial charge in [0.25, 0.3) is 0 Å². The van der Waals surface area contributed by atoms with E-state index in [1.807, 2.05) is 0 Å². The molecule has 0 amide bonds. The van der Waals surface area contributed by atoms with Crippen molar-refractivity contribution >= 4 is 22.4 Å². The van der Waals surface area contributed by atoms with Crippen LogP contribution in [0.3, 0.4) is 0 Å². The monoisotopic (exact) mass is 309 g/mol. The molecule has 0 N–H and O–H groups in total. The van der Waals surface area contributed by atoms with E-state index in [1.165, 1.54) is 63.6 Å². The summed E-state index contributed by atoms with van der Waals surface area (Å²) in [6.45, 7) is 4.62. The van der Waals surface area contributed by atoms with E-state index in [0.717, 1.165) is 24.3 Å². The predicted octanol–water partition coefficient (Wildman–Crippen LogP) is 2.38. The summed E-state index contributed by atoms with van der Waals surface area (Å²) in [5, 5.41) is 0.951. The van der Waals surface area contributed by atoms with Gasteiger partial charge in [0.2, 0.25) is 0 Å². The molecule has 2 fully saturated rings. The van der Waals surface area contributed by atoms with E-state index in [1.54, 1.807) is 6.20 Å². The van der Waals surface area contributed by atoms with Crippen LogP contribution in [0.5, 0.6) is 0 Å². The van der Waals surface area contributed by atoms with Crippen molar-refractivity contribution in [1.82, 2.24) is 9.88 Å². The zero-order valence-electron chi connectivity index (χ0n) is 12.6. The van der Waals surface area contributed by atoms with Crippen molar-refractivity contribution in [3.8, 4) is 0 Å². The molecule has 2 aliphatic rings. The number of rotatable bonds is 3. The molecule has 116 valence electrons. The molecule has 6 heteroatoms. The number of carbonyl (C=O) groups excluding carboxylic acids is 1. The summed E-state index contributed by atoms with van der Waals surface area (Å²) in [4.78, 5) is 21.4. The maximum Gasteiger partial charge on any atom is 0.349 e. The van der Waals surface area contributed by atoms with Gasteiger partial charge in [-0.2, -0.15) is 0 Å². The molecule has 5 nitrogen and oxygen atoms in total. The molecule has 3 heterocycles. The molecule has 1 aromatic rings. The van der Waals surface area contributed by atoms with E-state index in [9.17, 15) is 4.79 Å². The highest BCUT2D eigenvalue weighted by atomic mass is 32.1. The highest BCUT2D eigenvalue weighted by Crippen LogP contribution is 2.28. The third-order valence-corrected chi connectivity index (χ3v) is 5.56. The van der Waals surface area contributed by atoms with Crippen LogP contribution in [0.1, 0.15) is 41.8 Å². The molecule has 1 aromatic heterocycles. The molecular formula is C15H23N3O2S. The SMILES string of the molecule is COC(=O)c1cnc(N2CCC(N3CCCCC3)CC2)s1. The second kappa shape index (κ2) is 6.75. The van der Waals surface area contributed by atoms with Gasteiger partial charge in [-0.15, -0.1) is 0 Å². The molecule has 0 radical (unpaired) electrons. The maximum absolute atomic E-state index is 11.5. The van der Waals surface area contributed by atoms with Crippen LogP contribution in [0.25, 0.3) is 0 Å². The summed E-state index contributed by atoms with van der Waals surface area (Å²) >= 11 is 1.44.